The number of hydrogen-bond donors (Lipinski definition) is 2. The SMILES string of the molecule is CCCCC1(O)CC[C@@]2(C)[C@H](C[C@@H](OC(C)=O)[C@@H]3[C@@H]2CC[C@]2(C)[C@@H](C(C)CCC(=O)O)CC[C@@H]32)C1. The number of carboxylic acids is 1. The van der Waals surface area contributed by atoms with E-state index in [0.717, 1.165) is 64.2 Å². The molecule has 0 aromatic carbocycles. The zero-order valence-electron chi connectivity index (χ0n) is 22.9. The Morgan fingerprint density at radius 1 is 1.06 bits per heavy atom. The summed E-state index contributed by atoms with van der Waals surface area (Å²) < 4.78 is 6.13. The molecule has 4 rings (SSSR count). The van der Waals surface area contributed by atoms with Crippen LogP contribution in [0.2, 0.25) is 0 Å². The van der Waals surface area contributed by atoms with E-state index >= 15 is 0 Å². The number of ether oxygens (including phenoxy) is 1. The number of carbonyl (C=O) groups is 2. The maximum atomic E-state index is 12.3. The van der Waals surface area contributed by atoms with Crippen LogP contribution >= 0.6 is 0 Å². The van der Waals surface area contributed by atoms with Crippen LogP contribution in [0.25, 0.3) is 0 Å². The summed E-state index contributed by atoms with van der Waals surface area (Å²) in [6.45, 7) is 11.0. The summed E-state index contributed by atoms with van der Waals surface area (Å²) in [6, 6.07) is 0. The van der Waals surface area contributed by atoms with Crippen molar-refractivity contribution in [3.8, 4) is 0 Å². The van der Waals surface area contributed by atoms with E-state index in [0.29, 0.717) is 35.5 Å². The van der Waals surface area contributed by atoms with Crippen LogP contribution in [-0.2, 0) is 14.3 Å². The maximum Gasteiger partial charge on any atom is 0.303 e. The molecule has 4 saturated carbocycles. The van der Waals surface area contributed by atoms with Gasteiger partial charge in [0.2, 0.25) is 0 Å². The van der Waals surface area contributed by atoms with Crippen LogP contribution in [-0.4, -0.2) is 33.9 Å². The van der Waals surface area contributed by atoms with E-state index in [9.17, 15) is 19.8 Å². The molecule has 2 unspecified atom stereocenters. The van der Waals surface area contributed by atoms with Crippen LogP contribution in [0.4, 0.5) is 0 Å². The van der Waals surface area contributed by atoms with Crippen molar-refractivity contribution in [1.29, 1.82) is 0 Å². The van der Waals surface area contributed by atoms with Gasteiger partial charge in [-0.1, -0.05) is 40.5 Å². The standard InChI is InChI=1S/C30H50O5/c1-6-7-13-30(34)16-15-28(4)21(18-30)17-25(35-20(3)31)27-23-10-9-22(19(2)8-11-26(32)33)29(23,5)14-12-24(27)28/h19,21-25,27,34H,6-18H2,1-5H3,(H,32,33)/t19?,21-,22-,23+,24+,25-,27+,28+,29-,30?/m1/s1. The van der Waals surface area contributed by atoms with Gasteiger partial charge in [-0.05, 0) is 105 Å². The Morgan fingerprint density at radius 3 is 2.43 bits per heavy atom. The highest BCUT2D eigenvalue weighted by molar-refractivity contribution is 5.66. The largest absolute Gasteiger partial charge is 0.481 e. The molecular weight excluding hydrogens is 440 g/mol. The van der Waals surface area contributed by atoms with Gasteiger partial charge < -0.3 is 14.9 Å². The zero-order chi connectivity index (χ0) is 25.6. The molecule has 35 heavy (non-hydrogen) atoms. The van der Waals surface area contributed by atoms with Crippen molar-refractivity contribution in [1.82, 2.24) is 0 Å². The van der Waals surface area contributed by atoms with Crippen molar-refractivity contribution in [2.75, 3.05) is 0 Å². The Kier molecular flexibility index (Phi) is 7.69. The van der Waals surface area contributed by atoms with Gasteiger partial charge in [-0.2, -0.15) is 0 Å². The second-order valence-electron chi connectivity index (χ2n) is 13.5. The lowest BCUT2D eigenvalue weighted by Gasteiger charge is -2.63. The van der Waals surface area contributed by atoms with Crippen LogP contribution < -0.4 is 0 Å². The van der Waals surface area contributed by atoms with Crippen LogP contribution in [0, 0.1) is 46.3 Å². The lowest BCUT2D eigenvalue weighted by molar-refractivity contribution is -0.203. The quantitative estimate of drug-likeness (QED) is 0.374. The molecule has 0 bridgehead atoms. The fourth-order valence-electron chi connectivity index (χ4n) is 9.86. The first-order valence-corrected chi connectivity index (χ1v) is 14.5. The van der Waals surface area contributed by atoms with E-state index in [1.807, 2.05) is 0 Å². The van der Waals surface area contributed by atoms with E-state index in [2.05, 4.69) is 27.7 Å². The average Bonchev–Trinajstić information content (AvgIpc) is 3.14. The van der Waals surface area contributed by atoms with Gasteiger partial charge in [-0.3, -0.25) is 9.59 Å². The number of fused-ring (bicyclic) bond motifs is 5. The summed E-state index contributed by atoms with van der Waals surface area (Å²) in [5.41, 5.74) is -0.166. The summed E-state index contributed by atoms with van der Waals surface area (Å²) in [4.78, 5) is 23.5. The number of unbranched alkanes of at least 4 members (excludes halogenated alkanes) is 1. The smallest absolute Gasteiger partial charge is 0.303 e. The van der Waals surface area contributed by atoms with Crippen molar-refractivity contribution in [3.63, 3.8) is 0 Å². The molecule has 0 aromatic rings. The number of carbonyl (C=O) groups excluding carboxylic acids is 1. The van der Waals surface area contributed by atoms with Crippen LogP contribution in [0.15, 0.2) is 0 Å². The van der Waals surface area contributed by atoms with Gasteiger partial charge in [0.05, 0.1) is 5.60 Å². The third-order valence-electron chi connectivity index (χ3n) is 11.7. The number of carboxylic acid groups (broad SMARTS) is 1. The Balaban J connectivity index is 1.60. The van der Waals surface area contributed by atoms with Gasteiger partial charge in [-0.25, -0.2) is 0 Å². The van der Waals surface area contributed by atoms with Gasteiger partial charge in [0.25, 0.3) is 0 Å². The molecule has 4 aliphatic rings. The predicted octanol–water partition coefficient (Wildman–Crippen LogP) is 6.61. The third kappa shape index (κ3) is 4.92. The minimum atomic E-state index is -0.697. The second-order valence-corrected chi connectivity index (χ2v) is 13.5. The first-order chi connectivity index (χ1) is 16.4. The number of aliphatic carboxylic acids is 1. The van der Waals surface area contributed by atoms with Crippen molar-refractivity contribution in [2.45, 2.75) is 130 Å². The van der Waals surface area contributed by atoms with Crippen molar-refractivity contribution in [2.24, 2.45) is 46.3 Å². The molecule has 0 aromatic heterocycles. The molecule has 4 fully saturated rings. The van der Waals surface area contributed by atoms with Gasteiger partial charge in [0.15, 0.2) is 0 Å². The van der Waals surface area contributed by atoms with Gasteiger partial charge in [0, 0.05) is 19.3 Å². The molecule has 0 radical (unpaired) electrons. The Morgan fingerprint density at radius 2 is 1.77 bits per heavy atom. The molecule has 2 N–H and O–H groups in total. The van der Waals surface area contributed by atoms with Crippen LogP contribution in [0.1, 0.15) is 118 Å². The fourth-order valence-corrected chi connectivity index (χ4v) is 9.86. The maximum absolute atomic E-state index is 12.3. The first-order valence-electron chi connectivity index (χ1n) is 14.5. The predicted molar refractivity (Wildman–Crippen MR) is 137 cm³/mol. The first kappa shape index (κ1) is 26.9. The Bertz CT molecular complexity index is 796. The van der Waals surface area contributed by atoms with E-state index in [1.54, 1.807) is 6.92 Å². The Labute approximate surface area is 212 Å². The zero-order valence-corrected chi connectivity index (χ0v) is 22.9. The fraction of sp³-hybridized carbons (Fsp3) is 0.933. The molecule has 5 nitrogen and oxygen atoms in total. The lowest BCUT2D eigenvalue weighted by Crippen LogP contribution is -2.60. The lowest BCUT2D eigenvalue weighted by atomic mass is 9.42. The minimum Gasteiger partial charge on any atom is -0.481 e. The molecular formula is C30H50O5. The van der Waals surface area contributed by atoms with Gasteiger partial charge in [0.1, 0.15) is 6.10 Å². The normalized spacial score (nSPS) is 45.7. The van der Waals surface area contributed by atoms with Crippen molar-refractivity contribution >= 4 is 11.9 Å². The number of esters is 1. The highest BCUT2D eigenvalue weighted by Gasteiger charge is 2.64. The van der Waals surface area contributed by atoms with Crippen LogP contribution in [0.3, 0.4) is 0 Å². The second kappa shape index (κ2) is 9.99. The van der Waals surface area contributed by atoms with E-state index < -0.39 is 11.6 Å². The molecule has 0 aliphatic heterocycles. The van der Waals surface area contributed by atoms with Crippen molar-refractivity contribution < 1.29 is 24.5 Å². The number of aliphatic hydroxyl groups is 1. The highest BCUT2D eigenvalue weighted by atomic mass is 16.5. The molecule has 10 atom stereocenters. The molecule has 0 heterocycles. The van der Waals surface area contributed by atoms with Gasteiger partial charge >= 0.3 is 11.9 Å². The number of hydrogen-bond acceptors (Lipinski definition) is 4. The summed E-state index contributed by atoms with van der Waals surface area (Å²) in [5, 5.41) is 20.7. The van der Waals surface area contributed by atoms with Crippen LogP contribution in [0.5, 0.6) is 0 Å². The van der Waals surface area contributed by atoms with Crippen molar-refractivity contribution in [3.05, 3.63) is 0 Å². The monoisotopic (exact) mass is 490 g/mol. The summed E-state index contributed by atoms with van der Waals surface area (Å²) in [6.07, 6.45) is 12.4. The van der Waals surface area contributed by atoms with Gasteiger partial charge in [-0.15, -0.1) is 0 Å². The molecule has 4 aliphatic carbocycles. The Hall–Kier alpha value is -1.10. The molecule has 0 amide bonds. The minimum absolute atomic E-state index is 0.0539. The summed E-state index contributed by atoms with van der Waals surface area (Å²) >= 11 is 0. The third-order valence-corrected chi connectivity index (χ3v) is 11.7. The molecule has 0 saturated heterocycles. The molecule has 200 valence electrons. The number of rotatable bonds is 8. The summed E-state index contributed by atoms with van der Waals surface area (Å²) in [5.74, 6) is 1.93. The van der Waals surface area contributed by atoms with E-state index in [1.165, 1.54) is 12.8 Å². The molecule has 0 spiro atoms. The topological polar surface area (TPSA) is 83.8 Å². The summed E-state index contributed by atoms with van der Waals surface area (Å²) in [7, 11) is 0. The average molecular weight is 491 g/mol. The van der Waals surface area contributed by atoms with E-state index in [-0.39, 0.29) is 29.3 Å². The highest BCUT2D eigenvalue weighted by Crippen LogP contribution is 2.69. The van der Waals surface area contributed by atoms with E-state index in [4.69, 9.17) is 4.74 Å². The molecule has 5 heteroatoms.